The standard InChI is InChI=1S/C15H17NO3S/c1-10-9-12-11(15(16-10)19-3)5-4-6-13(12)20-8-7-14(17)18-2/h4-6,9H,7-8H2,1-3H3. The lowest BCUT2D eigenvalue weighted by atomic mass is 10.1. The Balaban J connectivity index is 2.29. The summed E-state index contributed by atoms with van der Waals surface area (Å²) in [6, 6.07) is 8.05. The topological polar surface area (TPSA) is 48.4 Å². The molecule has 0 aliphatic heterocycles. The van der Waals surface area contributed by atoms with E-state index in [9.17, 15) is 4.79 Å². The summed E-state index contributed by atoms with van der Waals surface area (Å²) in [4.78, 5) is 16.7. The quantitative estimate of drug-likeness (QED) is 0.625. The molecule has 0 fully saturated rings. The molecule has 2 aromatic rings. The van der Waals surface area contributed by atoms with E-state index < -0.39 is 0 Å². The Hall–Kier alpha value is -1.75. The van der Waals surface area contributed by atoms with Crippen molar-refractivity contribution in [2.75, 3.05) is 20.0 Å². The van der Waals surface area contributed by atoms with Crippen LogP contribution in [-0.2, 0) is 9.53 Å². The first-order valence-corrected chi connectivity index (χ1v) is 7.28. The van der Waals surface area contributed by atoms with Crippen LogP contribution in [-0.4, -0.2) is 30.9 Å². The van der Waals surface area contributed by atoms with Crippen LogP contribution in [0.25, 0.3) is 10.8 Å². The lowest BCUT2D eigenvalue weighted by molar-refractivity contribution is -0.140. The molecule has 106 valence electrons. The number of carbonyl (C=O) groups excluding carboxylic acids is 1. The number of esters is 1. The van der Waals surface area contributed by atoms with Crippen LogP contribution in [0.1, 0.15) is 12.1 Å². The third-order valence-electron chi connectivity index (χ3n) is 2.91. The van der Waals surface area contributed by atoms with Gasteiger partial charge in [0, 0.05) is 27.1 Å². The van der Waals surface area contributed by atoms with E-state index in [0.29, 0.717) is 18.1 Å². The van der Waals surface area contributed by atoms with E-state index in [-0.39, 0.29) is 5.97 Å². The Morgan fingerprint density at radius 3 is 2.80 bits per heavy atom. The average molecular weight is 291 g/mol. The largest absolute Gasteiger partial charge is 0.481 e. The number of hydrogen-bond donors (Lipinski definition) is 0. The zero-order chi connectivity index (χ0) is 14.5. The molecule has 0 N–H and O–H groups in total. The molecule has 1 aromatic heterocycles. The summed E-state index contributed by atoms with van der Waals surface area (Å²) in [6.45, 7) is 1.94. The summed E-state index contributed by atoms with van der Waals surface area (Å²) in [6.07, 6.45) is 0.402. The zero-order valence-corrected chi connectivity index (χ0v) is 12.6. The first-order chi connectivity index (χ1) is 9.65. The summed E-state index contributed by atoms with van der Waals surface area (Å²) in [5.74, 6) is 1.14. The molecular formula is C15H17NO3S. The summed E-state index contributed by atoms with van der Waals surface area (Å²) in [5, 5.41) is 2.09. The molecule has 0 aliphatic carbocycles. The highest BCUT2D eigenvalue weighted by molar-refractivity contribution is 7.99. The number of ether oxygens (including phenoxy) is 2. The molecule has 4 nitrogen and oxygen atoms in total. The summed E-state index contributed by atoms with van der Waals surface area (Å²) in [7, 11) is 3.03. The Morgan fingerprint density at radius 1 is 1.30 bits per heavy atom. The van der Waals surface area contributed by atoms with Crippen molar-refractivity contribution >= 4 is 28.5 Å². The number of thioether (sulfide) groups is 1. The van der Waals surface area contributed by atoms with E-state index >= 15 is 0 Å². The molecule has 0 atom stereocenters. The maximum Gasteiger partial charge on any atom is 0.306 e. The Labute approximate surface area is 122 Å². The SMILES string of the molecule is COC(=O)CCSc1cccc2c(OC)nc(C)cc12. The van der Waals surface area contributed by atoms with Gasteiger partial charge in [-0.25, -0.2) is 4.98 Å². The molecule has 1 heterocycles. The number of methoxy groups -OCH3 is 2. The van der Waals surface area contributed by atoms with Gasteiger partial charge in [0.2, 0.25) is 5.88 Å². The van der Waals surface area contributed by atoms with E-state index in [2.05, 4.69) is 9.72 Å². The van der Waals surface area contributed by atoms with Gasteiger partial charge in [-0.3, -0.25) is 4.79 Å². The molecule has 0 spiro atoms. The molecule has 2 rings (SSSR count). The molecular weight excluding hydrogens is 274 g/mol. The van der Waals surface area contributed by atoms with Crippen molar-refractivity contribution in [1.29, 1.82) is 0 Å². The fraction of sp³-hybridized carbons (Fsp3) is 0.333. The van der Waals surface area contributed by atoms with Crippen LogP contribution in [0, 0.1) is 6.92 Å². The molecule has 0 bridgehead atoms. The van der Waals surface area contributed by atoms with Crippen molar-refractivity contribution in [1.82, 2.24) is 4.98 Å². The minimum Gasteiger partial charge on any atom is -0.481 e. The van der Waals surface area contributed by atoms with Crippen LogP contribution in [0.4, 0.5) is 0 Å². The van der Waals surface area contributed by atoms with Crippen LogP contribution in [0.3, 0.4) is 0 Å². The predicted octanol–water partition coefficient (Wildman–Crippen LogP) is 3.21. The summed E-state index contributed by atoms with van der Waals surface area (Å²) >= 11 is 1.64. The molecule has 0 unspecified atom stereocenters. The van der Waals surface area contributed by atoms with Crippen LogP contribution in [0.2, 0.25) is 0 Å². The van der Waals surface area contributed by atoms with Crippen molar-refractivity contribution in [2.24, 2.45) is 0 Å². The Kier molecular flexibility index (Phi) is 4.84. The molecule has 0 radical (unpaired) electrons. The van der Waals surface area contributed by atoms with Gasteiger partial charge in [-0.05, 0) is 25.1 Å². The number of aryl methyl sites for hydroxylation is 1. The van der Waals surface area contributed by atoms with Crippen LogP contribution >= 0.6 is 11.8 Å². The molecule has 0 saturated heterocycles. The van der Waals surface area contributed by atoms with Crippen molar-refractivity contribution < 1.29 is 14.3 Å². The van der Waals surface area contributed by atoms with Crippen molar-refractivity contribution in [3.8, 4) is 5.88 Å². The third-order valence-corrected chi connectivity index (χ3v) is 3.99. The molecule has 1 aromatic carbocycles. The van der Waals surface area contributed by atoms with Crippen LogP contribution in [0.15, 0.2) is 29.2 Å². The normalized spacial score (nSPS) is 10.6. The maximum absolute atomic E-state index is 11.2. The highest BCUT2D eigenvalue weighted by Gasteiger charge is 2.09. The highest BCUT2D eigenvalue weighted by Crippen LogP contribution is 2.32. The van der Waals surface area contributed by atoms with E-state index in [4.69, 9.17) is 4.74 Å². The van der Waals surface area contributed by atoms with Gasteiger partial charge in [0.1, 0.15) is 0 Å². The van der Waals surface area contributed by atoms with Gasteiger partial charge in [-0.1, -0.05) is 6.07 Å². The molecule has 0 amide bonds. The van der Waals surface area contributed by atoms with Crippen LogP contribution in [0.5, 0.6) is 5.88 Å². The van der Waals surface area contributed by atoms with Crippen LogP contribution < -0.4 is 4.74 Å². The van der Waals surface area contributed by atoms with Gasteiger partial charge in [0.05, 0.1) is 20.6 Å². The average Bonchev–Trinajstić information content (AvgIpc) is 2.46. The maximum atomic E-state index is 11.2. The van der Waals surface area contributed by atoms with Crippen molar-refractivity contribution in [3.05, 3.63) is 30.0 Å². The van der Waals surface area contributed by atoms with E-state index in [0.717, 1.165) is 21.4 Å². The minimum absolute atomic E-state index is 0.187. The van der Waals surface area contributed by atoms with E-state index in [1.807, 2.05) is 31.2 Å². The molecule has 0 saturated carbocycles. The zero-order valence-electron chi connectivity index (χ0n) is 11.8. The summed E-state index contributed by atoms with van der Waals surface area (Å²) < 4.78 is 9.98. The Morgan fingerprint density at radius 2 is 2.10 bits per heavy atom. The number of rotatable bonds is 5. The van der Waals surface area contributed by atoms with E-state index in [1.165, 1.54) is 7.11 Å². The molecule has 0 aliphatic rings. The smallest absolute Gasteiger partial charge is 0.306 e. The van der Waals surface area contributed by atoms with Gasteiger partial charge in [0.25, 0.3) is 0 Å². The number of benzene rings is 1. The van der Waals surface area contributed by atoms with Crippen molar-refractivity contribution in [3.63, 3.8) is 0 Å². The van der Waals surface area contributed by atoms with E-state index in [1.54, 1.807) is 18.9 Å². The van der Waals surface area contributed by atoms with Gasteiger partial charge >= 0.3 is 5.97 Å². The number of hydrogen-bond acceptors (Lipinski definition) is 5. The first kappa shape index (κ1) is 14.7. The fourth-order valence-corrected chi connectivity index (χ4v) is 2.96. The van der Waals surface area contributed by atoms with Gasteiger partial charge in [0.15, 0.2) is 0 Å². The highest BCUT2D eigenvalue weighted by atomic mass is 32.2. The number of nitrogens with zero attached hydrogens (tertiary/aromatic N) is 1. The van der Waals surface area contributed by atoms with Crippen molar-refractivity contribution in [2.45, 2.75) is 18.2 Å². The second-order valence-electron chi connectivity index (χ2n) is 4.30. The first-order valence-electron chi connectivity index (χ1n) is 6.29. The van der Waals surface area contributed by atoms with Gasteiger partial charge in [-0.2, -0.15) is 0 Å². The monoisotopic (exact) mass is 291 g/mol. The Bertz CT molecular complexity index is 628. The predicted molar refractivity (Wildman–Crippen MR) is 80.4 cm³/mol. The minimum atomic E-state index is -0.187. The number of carbonyl (C=O) groups is 1. The lowest BCUT2D eigenvalue weighted by Crippen LogP contribution is -2.01. The van der Waals surface area contributed by atoms with Gasteiger partial charge < -0.3 is 9.47 Å². The fourth-order valence-electron chi connectivity index (χ4n) is 1.97. The second kappa shape index (κ2) is 6.61. The third kappa shape index (κ3) is 3.22. The number of fused-ring (bicyclic) bond motifs is 1. The molecule has 5 heteroatoms. The lowest BCUT2D eigenvalue weighted by Gasteiger charge is -2.10. The number of pyridine rings is 1. The number of aromatic nitrogens is 1. The molecule has 20 heavy (non-hydrogen) atoms. The second-order valence-corrected chi connectivity index (χ2v) is 5.44. The summed E-state index contributed by atoms with van der Waals surface area (Å²) in [5.41, 5.74) is 0.912. The van der Waals surface area contributed by atoms with Gasteiger partial charge in [-0.15, -0.1) is 11.8 Å².